The summed E-state index contributed by atoms with van der Waals surface area (Å²) in [7, 11) is 1.70. The van der Waals surface area contributed by atoms with Crippen LogP contribution < -0.4 is 4.74 Å². The molecular formula is C15H16O2. The van der Waals surface area contributed by atoms with E-state index in [0.29, 0.717) is 0 Å². The summed E-state index contributed by atoms with van der Waals surface area (Å²) in [4.78, 5) is 0. The van der Waals surface area contributed by atoms with Crippen molar-refractivity contribution in [2.75, 3.05) is 7.11 Å². The van der Waals surface area contributed by atoms with Crippen LogP contribution >= 0.6 is 0 Å². The Morgan fingerprint density at radius 2 is 1.88 bits per heavy atom. The molecule has 0 aliphatic carbocycles. The number of fused-ring (bicyclic) bond motifs is 2. The normalized spacial score (nSPS) is 23.2. The molecule has 2 nitrogen and oxygen atoms in total. The van der Waals surface area contributed by atoms with Crippen LogP contribution in [0.5, 0.6) is 5.75 Å². The van der Waals surface area contributed by atoms with Crippen molar-refractivity contribution in [3.05, 3.63) is 42.0 Å². The molecule has 0 aromatic heterocycles. The zero-order valence-electron chi connectivity index (χ0n) is 10.2. The molecule has 0 N–H and O–H groups in total. The van der Waals surface area contributed by atoms with E-state index >= 15 is 0 Å². The number of hydrogen-bond donors (Lipinski definition) is 0. The standard InChI is InChI=1S/C15H16O2/c1-15(16-2)8-7-13-9-11-5-3-4-6-12(11)10-14(13)17-15/h3-6,9-10H,7-8H2,1-2H3. The number of aryl methyl sites for hydroxylation is 1. The third kappa shape index (κ3) is 1.79. The van der Waals surface area contributed by atoms with Gasteiger partial charge in [-0.3, -0.25) is 0 Å². The fourth-order valence-corrected chi connectivity index (χ4v) is 2.35. The van der Waals surface area contributed by atoms with Crippen molar-refractivity contribution in [3.8, 4) is 5.75 Å². The van der Waals surface area contributed by atoms with E-state index in [-0.39, 0.29) is 0 Å². The van der Waals surface area contributed by atoms with Crippen molar-refractivity contribution in [1.29, 1.82) is 0 Å². The van der Waals surface area contributed by atoms with Crippen LogP contribution in [-0.4, -0.2) is 12.9 Å². The van der Waals surface area contributed by atoms with Gasteiger partial charge in [-0.2, -0.15) is 0 Å². The molecule has 1 aliphatic rings. The predicted molar refractivity (Wildman–Crippen MR) is 68.3 cm³/mol. The van der Waals surface area contributed by atoms with Crippen molar-refractivity contribution >= 4 is 10.8 Å². The van der Waals surface area contributed by atoms with E-state index in [4.69, 9.17) is 9.47 Å². The zero-order valence-corrected chi connectivity index (χ0v) is 10.2. The van der Waals surface area contributed by atoms with Gasteiger partial charge in [0, 0.05) is 20.5 Å². The van der Waals surface area contributed by atoms with Gasteiger partial charge >= 0.3 is 0 Å². The fourth-order valence-electron chi connectivity index (χ4n) is 2.35. The first-order chi connectivity index (χ1) is 8.20. The smallest absolute Gasteiger partial charge is 0.207 e. The lowest BCUT2D eigenvalue weighted by molar-refractivity contribution is -0.160. The summed E-state index contributed by atoms with van der Waals surface area (Å²) < 4.78 is 11.4. The summed E-state index contributed by atoms with van der Waals surface area (Å²) in [6.07, 6.45) is 1.90. The van der Waals surface area contributed by atoms with Crippen molar-refractivity contribution in [2.24, 2.45) is 0 Å². The Bertz CT molecular complexity index is 562. The number of rotatable bonds is 1. The minimum absolute atomic E-state index is 0.477. The van der Waals surface area contributed by atoms with E-state index in [9.17, 15) is 0 Å². The molecule has 0 saturated carbocycles. The van der Waals surface area contributed by atoms with Gasteiger partial charge in [0.15, 0.2) is 0 Å². The molecule has 2 heteroatoms. The number of benzene rings is 2. The monoisotopic (exact) mass is 228 g/mol. The summed E-state index contributed by atoms with van der Waals surface area (Å²) in [5.74, 6) is 0.481. The highest BCUT2D eigenvalue weighted by molar-refractivity contribution is 5.85. The van der Waals surface area contributed by atoms with Gasteiger partial charge in [0.05, 0.1) is 0 Å². The molecule has 0 bridgehead atoms. The number of ether oxygens (including phenoxy) is 2. The molecular weight excluding hydrogens is 212 g/mol. The third-order valence-corrected chi connectivity index (χ3v) is 3.53. The molecule has 0 amide bonds. The lowest BCUT2D eigenvalue weighted by atomic mass is 9.97. The second-order valence-corrected chi connectivity index (χ2v) is 4.75. The van der Waals surface area contributed by atoms with Gasteiger partial charge in [-0.25, -0.2) is 0 Å². The lowest BCUT2D eigenvalue weighted by Gasteiger charge is -2.34. The van der Waals surface area contributed by atoms with Crippen molar-refractivity contribution in [2.45, 2.75) is 25.6 Å². The molecule has 1 atom stereocenters. The molecule has 17 heavy (non-hydrogen) atoms. The van der Waals surface area contributed by atoms with E-state index < -0.39 is 5.79 Å². The summed E-state index contributed by atoms with van der Waals surface area (Å²) in [5.41, 5.74) is 1.28. The van der Waals surface area contributed by atoms with E-state index in [2.05, 4.69) is 30.3 Å². The average molecular weight is 228 g/mol. The Balaban J connectivity index is 2.11. The van der Waals surface area contributed by atoms with Crippen LogP contribution in [0.3, 0.4) is 0 Å². The van der Waals surface area contributed by atoms with Crippen molar-refractivity contribution < 1.29 is 9.47 Å². The molecule has 1 aliphatic heterocycles. The molecule has 3 rings (SSSR count). The van der Waals surface area contributed by atoms with Crippen LogP contribution in [-0.2, 0) is 11.2 Å². The van der Waals surface area contributed by atoms with E-state index in [0.717, 1.165) is 18.6 Å². The minimum atomic E-state index is -0.477. The van der Waals surface area contributed by atoms with Crippen molar-refractivity contribution in [3.63, 3.8) is 0 Å². The predicted octanol–water partition coefficient (Wildman–Crippen LogP) is 3.53. The van der Waals surface area contributed by atoms with Crippen LogP contribution in [0.4, 0.5) is 0 Å². The zero-order chi connectivity index (χ0) is 11.9. The van der Waals surface area contributed by atoms with Gasteiger partial charge in [0.1, 0.15) is 5.75 Å². The highest BCUT2D eigenvalue weighted by Gasteiger charge is 2.31. The Labute approximate surface area is 101 Å². The molecule has 1 heterocycles. The second-order valence-electron chi connectivity index (χ2n) is 4.75. The fraction of sp³-hybridized carbons (Fsp3) is 0.333. The second kappa shape index (κ2) is 3.74. The molecule has 0 saturated heterocycles. The largest absolute Gasteiger partial charge is 0.462 e. The van der Waals surface area contributed by atoms with Crippen molar-refractivity contribution in [1.82, 2.24) is 0 Å². The van der Waals surface area contributed by atoms with Crippen LogP contribution in [0.2, 0.25) is 0 Å². The van der Waals surface area contributed by atoms with Crippen LogP contribution in [0, 0.1) is 0 Å². The molecule has 1 unspecified atom stereocenters. The van der Waals surface area contributed by atoms with Crippen LogP contribution in [0.1, 0.15) is 18.9 Å². The number of methoxy groups -OCH3 is 1. The first kappa shape index (κ1) is 10.6. The summed E-state index contributed by atoms with van der Waals surface area (Å²) in [6.45, 7) is 1.99. The topological polar surface area (TPSA) is 18.5 Å². The highest BCUT2D eigenvalue weighted by atomic mass is 16.7. The van der Waals surface area contributed by atoms with Crippen LogP contribution in [0.25, 0.3) is 10.8 Å². The van der Waals surface area contributed by atoms with Gasteiger partial charge in [-0.1, -0.05) is 24.3 Å². The van der Waals surface area contributed by atoms with Gasteiger partial charge < -0.3 is 9.47 Å². The molecule has 0 radical (unpaired) electrons. The quantitative estimate of drug-likeness (QED) is 0.743. The Hall–Kier alpha value is -1.54. The highest BCUT2D eigenvalue weighted by Crippen LogP contribution is 2.36. The average Bonchev–Trinajstić information content (AvgIpc) is 2.36. The summed E-state index contributed by atoms with van der Waals surface area (Å²) in [5, 5.41) is 2.49. The van der Waals surface area contributed by atoms with E-state index in [1.54, 1.807) is 7.11 Å². The van der Waals surface area contributed by atoms with Gasteiger partial charge in [-0.05, 0) is 34.9 Å². The summed E-state index contributed by atoms with van der Waals surface area (Å²) in [6, 6.07) is 12.7. The molecule has 0 spiro atoms. The van der Waals surface area contributed by atoms with Crippen LogP contribution in [0.15, 0.2) is 36.4 Å². The first-order valence-corrected chi connectivity index (χ1v) is 5.96. The maximum absolute atomic E-state index is 5.95. The molecule has 2 aromatic rings. The molecule has 2 aromatic carbocycles. The van der Waals surface area contributed by atoms with E-state index in [1.807, 2.05) is 13.0 Å². The van der Waals surface area contributed by atoms with Gasteiger partial charge in [0.2, 0.25) is 5.79 Å². The Morgan fingerprint density at radius 3 is 2.59 bits per heavy atom. The minimum Gasteiger partial charge on any atom is -0.462 e. The molecule has 88 valence electrons. The Kier molecular flexibility index (Phi) is 2.33. The van der Waals surface area contributed by atoms with Gasteiger partial charge in [0.25, 0.3) is 0 Å². The SMILES string of the molecule is COC1(C)CCc2cc3ccccc3cc2O1. The number of hydrogen-bond acceptors (Lipinski definition) is 2. The maximum atomic E-state index is 5.95. The third-order valence-electron chi connectivity index (χ3n) is 3.53. The van der Waals surface area contributed by atoms with E-state index in [1.165, 1.54) is 16.3 Å². The first-order valence-electron chi connectivity index (χ1n) is 5.96. The molecule has 0 fully saturated rings. The lowest BCUT2D eigenvalue weighted by Crippen LogP contribution is -2.38. The Morgan fingerprint density at radius 1 is 1.18 bits per heavy atom. The maximum Gasteiger partial charge on any atom is 0.207 e. The van der Waals surface area contributed by atoms with Gasteiger partial charge in [-0.15, -0.1) is 0 Å². The summed E-state index contributed by atoms with van der Waals surface area (Å²) >= 11 is 0.